The zero-order valence-corrected chi connectivity index (χ0v) is 15.9. The number of carbonyl (C=O) groups excluding carboxylic acids is 1. The first-order valence-electron chi connectivity index (χ1n) is 10.00. The molecule has 0 spiro atoms. The molecular weight excluding hydrogens is 359 g/mol. The average Bonchev–Trinajstić information content (AvgIpc) is 3.01. The number of rotatable bonds is 3. The molecule has 0 radical (unpaired) electrons. The van der Waals surface area contributed by atoms with E-state index in [9.17, 15) is 14.0 Å². The molecule has 1 N–H and O–H groups in total. The summed E-state index contributed by atoms with van der Waals surface area (Å²) in [6.45, 7) is 2.98. The van der Waals surface area contributed by atoms with Gasteiger partial charge in [-0.05, 0) is 61.9 Å². The second-order valence-corrected chi connectivity index (χ2v) is 7.53. The van der Waals surface area contributed by atoms with E-state index in [1.807, 2.05) is 0 Å². The van der Waals surface area contributed by atoms with Crippen molar-refractivity contribution in [1.29, 1.82) is 0 Å². The van der Waals surface area contributed by atoms with E-state index in [0.29, 0.717) is 25.2 Å². The van der Waals surface area contributed by atoms with Crippen LogP contribution < -0.4 is 10.9 Å². The van der Waals surface area contributed by atoms with Crippen LogP contribution in [-0.4, -0.2) is 46.8 Å². The van der Waals surface area contributed by atoms with Gasteiger partial charge in [-0.15, -0.1) is 0 Å². The molecule has 1 saturated heterocycles. The van der Waals surface area contributed by atoms with Crippen LogP contribution in [0.25, 0.3) is 0 Å². The standard InChI is InChI=1S/C21H25FN4O2/c22-19-7-6-15(12-18(19)20(27)25-10-3-8-23-9-11-25)14-26-21(28)17-5-2-1-4-16(17)13-24-26/h6-7,12-13,23H,1-5,8-11,14H2. The third kappa shape index (κ3) is 3.85. The van der Waals surface area contributed by atoms with Crippen LogP contribution in [0.3, 0.4) is 0 Å². The SMILES string of the molecule is O=C(c1cc(Cn2ncc3c(c2=O)CCCC3)ccc1F)N1CCCNCC1. The van der Waals surface area contributed by atoms with Crippen LogP contribution in [0, 0.1) is 5.82 Å². The number of hydrogen-bond acceptors (Lipinski definition) is 4. The first-order valence-corrected chi connectivity index (χ1v) is 10.00. The van der Waals surface area contributed by atoms with Gasteiger partial charge in [0.2, 0.25) is 0 Å². The molecule has 1 aliphatic heterocycles. The maximum absolute atomic E-state index is 14.4. The van der Waals surface area contributed by atoms with Gasteiger partial charge in [-0.25, -0.2) is 9.07 Å². The van der Waals surface area contributed by atoms with E-state index >= 15 is 0 Å². The quantitative estimate of drug-likeness (QED) is 0.876. The lowest BCUT2D eigenvalue weighted by molar-refractivity contribution is 0.0761. The van der Waals surface area contributed by atoms with E-state index in [0.717, 1.165) is 49.8 Å². The van der Waals surface area contributed by atoms with Crippen LogP contribution in [0.5, 0.6) is 0 Å². The Morgan fingerprint density at radius 3 is 2.89 bits per heavy atom. The second kappa shape index (κ2) is 8.22. The van der Waals surface area contributed by atoms with E-state index in [4.69, 9.17) is 0 Å². The third-order valence-electron chi connectivity index (χ3n) is 5.58. The van der Waals surface area contributed by atoms with Gasteiger partial charge in [0.15, 0.2) is 0 Å². The van der Waals surface area contributed by atoms with Gasteiger partial charge in [0, 0.05) is 25.2 Å². The van der Waals surface area contributed by atoms with Crippen molar-refractivity contribution in [2.75, 3.05) is 26.2 Å². The number of amides is 1. The van der Waals surface area contributed by atoms with E-state index < -0.39 is 5.82 Å². The number of aromatic nitrogens is 2. The van der Waals surface area contributed by atoms with Gasteiger partial charge >= 0.3 is 0 Å². The summed E-state index contributed by atoms with van der Waals surface area (Å²) < 4.78 is 15.8. The van der Waals surface area contributed by atoms with Crippen molar-refractivity contribution in [2.45, 2.75) is 38.6 Å². The molecule has 1 fully saturated rings. The smallest absolute Gasteiger partial charge is 0.270 e. The Morgan fingerprint density at radius 1 is 1.14 bits per heavy atom. The van der Waals surface area contributed by atoms with E-state index in [1.165, 1.54) is 10.7 Å². The van der Waals surface area contributed by atoms with Crippen molar-refractivity contribution >= 4 is 5.91 Å². The summed E-state index contributed by atoms with van der Waals surface area (Å²) in [4.78, 5) is 27.2. The second-order valence-electron chi connectivity index (χ2n) is 7.53. The lowest BCUT2D eigenvalue weighted by Gasteiger charge is -2.20. The lowest BCUT2D eigenvalue weighted by Crippen LogP contribution is -2.35. The Kier molecular flexibility index (Phi) is 5.52. The minimum Gasteiger partial charge on any atom is -0.337 e. The molecule has 2 aromatic rings. The summed E-state index contributed by atoms with van der Waals surface area (Å²) in [5, 5.41) is 7.53. The zero-order valence-electron chi connectivity index (χ0n) is 15.9. The molecule has 0 bridgehead atoms. The van der Waals surface area contributed by atoms with Crippen LogP contribution in [0.2, 0.25) is 0 Å². The monoisotopic (exact) mass is 384 g/mol. The van der Waals surface area contributed by atoms with E-state index in [1.54, 1.807) is 23.2 Å². The molecule has 148 valence electrons. The van der Waals surface area contributed by atoms with Gasteiger partial charge in [0.25, 0.3) is 11.5 Å². The van der Waals surface area contributed by atoms with Crippen molar-refractivity contribution < 1.29 is 9.18 Å². The highest BCUT2D eigenvalue weighted by Gasteiger charge is 2.21. The largest absolute Gasteiger partial charge is 0.337 e. The van der Waals surface area contributed by atoms with Crippen molar-refractivity contribution in [3.8, 4) is 0 Å². The maximum atomic E-state index is 14.4. The summed E-state index contributed by atoms with van der Waals surface area (Å²) in [7, 11) is 0. The number of aryl methyl sites for hydroxylation is 1. The van der Waals surface area contributed by atoms with Gasteiger partial charge in [-0.3, -0.25) is 9.59 Å². The highest BCUT2D eigenvalue weighted by Crippen LogP contribution is 2.18. The molecule has 0 saturated carbocycles. The van der Waals surface area contributed by atoms with Crippen LogP contribution in [0.15, 0.2) is 29.2 Å². The molecule has 2 heterocycles. The van der Waals surface area contributed by atoms with Gasteiger partial charge in [-0.1, -0.05) is 6.07 Å². The average molecular weight is 384 g/mol. The minimum atomic E-state index is -0.531. The Labute approximate surface area is 163 Å². The lowest BCUT2D eigenvalue weighted by atomic mass is 9.94. The third-order valence-corrected chi connectivity index (χ3v) is 5.58. The number of nitrogens with one attached hydrogen (secondary N) is 1. The van der Waals surface area contributed by atoms with Crippen LogP contribution in [-0.2, 0) is 19.4 Å². The minimum absolute atomic E-state index is 0.0606. The van der Waals surface area contributed by atoms with E-state index in [2.05, 4.69) is 10.4 Å². The summed E-state index contributed by atoms with van der Waals surface area (Å²) >= 11 is 0. The fourth-order valence-electron chi connectivity index (χ4n) is 4.00. The Hall–Kier alpha value is -2.54. The fraction of sp³-hybridized carbons (Fsp3) is 0.476. The highest BCUT2D eigenvalue weighted by molar-refractivity contribution is 5.94. The molecule has 2 aliphatic rings. The summed E-state index contributed by atoms with van der Waals surface area (Å²) in [6.07, 6.45) is 6.42. The molecular formula is C21H25FN4O2. The van der Waals surface area contributed by atoms with Gasteiger partial charge in [-0.2, -0.15) is 5.10 Å². The fourth-order valence-corrected chi connectivity index (χ4v) is 4.00. The summed E-state index contributed by atoms with van der Waals surface area (Å²) in [6, 6.07) is 4.48. The Morgan fingerprint density at radius 2 is 2.00 bits per heavy atom. The predicted octanol–water partition coefficient (Wildman–Crippen LogP) is 1.75. The predicted molar refractivity (Wildman–Crippen MR) is 104 cm³/mol. The topological polar surface area (TPSA) is 67.2 Å². The molecule has 28 heavy (non-hydrogen) atoms. The zero-order chi connectivity index (χ0) is 19.5. The van der Waals surface area contributed by atoms with E-state index in [-0.39, 0.29) is 23.6 Å². The van der Waals surface area contributed by atoms with Crippen LogP contribution in [0.1, 0.15) is 46.3 Å². The normalized spacial score (nSPS) is 17.1. The number of hydrogen-bond donors (Lipinski definition) is 1. The van der Waals surface area contributed by atoms with Gasteiger partial charge in [0.1, 0.15) is 5.82 Å². The highest BCUT2D eigenvalue weighted by atomic mass is 19.1. The molecule has 4 rings (SSSR count). The number of fused-ring (bicyclic) bond motifs is 1. The van der Waals surface area contributed by atoms with Gasteiger partial charge < -0.3 is 10.2 Å². The van der Waals surface area contributed by atoms with Crippen molar-refractivity contribution in [1.82, 2.24) is 20.0 Å². The van der Waals surface area contributed by atoms with Crippen molar-refractivity contribution in [3.63, 3.8) is 0 Å². The molecule has 1 amide bonds. The maximum Gasteiger partial charge on any atom is 0.270 e. The number of halogens is 1. The molecule has 1 aromatic carbocycles. The summed E-state index contributed by atoms with van der Waals surface area (Å²) in [5.41, 5.74) is 2.57. The number of benzene rings is 1. The number of carbonyl (C=O) groups is 1. The Balaban J connectivity index is 1.59. The van der Waals surface area contributed by atoms with Gasteiger partial charge in [0.05, 0.1) is 18.3 Å². The van der Waals surface area contributed by atoms with Crippen LogP contribution in [0.4, 0.5) is 4.39 Å². The Bertz CT molecular complexity index is 932. The first-order chi connectivity index (χ1) is 13.6. The molecule has 0 atom stereocenters. The van der Waals surface area contributed by atoms with Crippen molar-refractivity contribution in [3.05, 3.63) is 62.8 Å². The first kappa shape index (κ1) is 18.8. The molecule has 0 unspecified atom stereocenters. The molecule has 1 aliphatic carbocycles. The summed E-state index contributed by atoms with van der Waals surface area (Å²) in [5.74, 6) is -0.828. The van der Waals surface area contributed by atoms with Crippen LogP contribution >= 0.6 is 0 Å². The number of nitrogens with zero attached hydrogens (tertiary/aromatic N) is 3. The molecule has 6 nitrogen and oxygen atoms in total. The molecule has 1 aromatic heterocycles. The molecule has 7 heteroatoms. The van der Waals surface area contributed by atoms with Crippen molar-refractivity contribution in [2.24, 2.45) is 0 Å².